The van der Waals surface area contributed by atoms with Crippen molar-refractivity contribution in [3.05, 3.63) is 33.9 Å². The van der Waals surface area contributed by atoms with Gasteiger partial charge in [-0.3, -0.25) is 14.9 Å². The fourth-order valence-electron chi connectivity index (χ4n) is 1.08. The predicted octanol–water partition coefficient (Wildman–Crippen LogP) is 2.87. The number of alkyl halides is 3. The molecule has 9 heteroatoms. The number of carbonyl (C=O) groups excluding carboxylic acids is 1. The van der Waals surface area contributed by atoms with Gasteiger partial charge in [0.2, 0.25) is 5.75 Å². The minimum Gasteiger partial charge on any atom is -0.398 e. The van der Waals surface area contributed by atoms with Gasteiger partial charge in [0.1, 0.15) is 5.56 Å². The fourth-order valence-corrected chi connectivity index (χ4v) is 1.23. The average molecular weight is 270 g/mol. The van der Waals surface area contributed by atoms with E-state index in [0.717, 1.165) is 18.2 Å². The van der Waals surface area contributed by atoms with Crippen LogP contribution in [0.15, 0.2) is 18.2 Å². The van der Waals surface area contributed by atoms with Crippen molar-refractivity contribution >= 4 is 22.5 Å². The fraction of sp³-hybridized carbons (Fsp3) is 0.125. The second-order valence-electron chi connectivity index (χ2n) is 2.73. The summed E-state index contributed by atoms with van der Waals surface area (Å²) in [6.07, 6.45) is -5.10. The van der Waals surface area contributed by atoms with Crippen LogP contribution in [0.2, 0.25) is 0 Å². The Hall–Kier alpha value is -1.83. The van der Waals surface area contributed by atoms with Gasteiger partial charge >= 0.3 is 12.0 Å². The lowest BCUT2D eigenvalue weighted by Crippen LogP contribution is -2.18. The molecule has 0 amide bonds. The largest absolute Gasteiger partial charge is 0.573 e. The van der Waals surface area contributed by atoms with Crippen LogP contribution < -0.4 is 4.74 Å². The number of carbonyl (C=O) groups is 1. The maximum Gasteiger partial charge on any atom is 0.573 e. The molecule has 0 bridgehead atoms. The SMILES string of the molecule is O=C(Cl)c1cccc(OC(F)(F)F)c1[N+](=O)[O-]. The van der Waals surface area contributed by atoms with Gasteiger partial charge in [0.05, 0.1) is 4.92 Å². The van der Waals surface area contributed by atoms with E-state index < -0.39 is 33.5 Å². The molecule has 1 aromatic rings. The third kappa shape index (κ3) is 3.31. The Morgan fingerprint density at radius 2 is 2.00 bits per heavy atom. The summed E-state index contributed by atoms with van der Waals surface area (Å²) < 4.78 is 39.3. The van der Waals surface area contributed by atoms with Crippen LogP contribution in [0.3, 0.4) is 0 Å². The summed E-state index contributed by atoms with van der Waals surface area (Å²) in [6, 6.07) is 2.63. The van der Waals surface area contributed by atoms with Crippen LogP contribution in [0.5, 0.6) is 5.75 Å². The molecule has 0 heterocycles. The standard InChI is InChI=1S/C8H3ClF3NO4/c9-7(14)4-2-1-3-5(6(4)13(15)16)17-8(10,11)12/h1-3H. The first-order valence-corrected chi connectivity index (χ1v) is 4.33. The van der Waals surface area contributed by atoms with E-state index in [9.17, 15) is 28.1 Å². The zero-order valence-electron chi connectivity index (χ0n) is 7.82. The molecule has 1 rings (SSSR count). The number of rotatable bonds is 3. The van der Waals surface area contributed by atoms with Crippen LogP contribution in [0.1, 0.15) is 10.4 Å². The number of benzene rings is 1. The number of nitro groups is 1. The third-order valence-electron chi connectivity index (χ3n) is 1.62. The molecule has 92 valence electrons. The Balaban J connectivity index is 3.35. The maximum atomic E-state index is 12.0. The molecule has 1 aromatic carbocycles. The van der Waals surface area contributed by atoms with Gasteiger partial charge in [-0.05, 0) is 23.7 Å². The van der Waals surface area contributed by atoms with Crippen LogP contribution >= 0.6 is 11.6 Å². The van der Waals surface area contributed by atoms with Crippen LogP contribution in [0.4, 0.5) is 18.9 Å². The first kappa shape index (κ1) is 13.2. The molecule has 0 aromatic heterocycles. The number of nitrogens with zero attached hydrogens (tertiary/aromatic N) is 1. The lowest BCUT2D eigenvalue weighted by atomic mass is 10.2. The molecular formula is C8H3ClF3NO4. The molecule has 0 radical (unpaired) electrons. The molecule has 0 unspecified atom stereocenters. The number of halogens is 4. The average Bonchev–Trinajstić information content (AvgIpc) is 2.14. The smallest absolute Gasteiger partial charge is 0.398 e. The molecule has 0 N–H and O–H groups in total. The second-order valence-corrected chi connectivity index (χ2v) is 3.07. The van der Waals surface area contributed by atoms with Gasteiger partial charge in [0.15, 0.2) is 0 Å². The topological polar surface area (TPSA) is 69.4 Å². The van der Waals surface area contributed by atoms with E-state index in [1.54, 1.807) is 0 Å². The number of hydrogen-bond donors (Lipinski definition) is 0. The summed E-state index contributed by atoms with van der Waals surface area (Å²) in [4.78, 5) is 20.2. The van der Waals surface area contributed by atoms with E-state index >= 15 is 0 Å². The Morgan fingerprint density at radius 3 is 2.41 bits per heavy atom. The van der Waals surface area contributed by atoms with Crippen molar-refractivity contribution in [1.82, 2.24) is 0 Å². The Morgan fingerprint density at radius 1 is 1.41 bits per heavy atom. The normalized spacial score (nSPS) is 11.1. The van der Waals surface area contributed by atoms with Crippen molar-refractivity contribution in [2.24, 2.45) is 0 Å². The van der Waals surface area contributed by atoms with E-state index in [4.69, 9.17) is 11.6 Å². The molecule has 0 aliphatic carbocycles. The minimum atomic E-state index is -5.10. The van der Waals surface area contributed by atoms with Gasteiger partial charge in [-0.15, -0.1) is 13.2 Å². The number of nitro benzene ring substituents is 1. The van der Waals surface area contributed by atoms with Crippen molar-refractivity contribution in [1.29, 1.82) is 0 Å². The molecule has 0 fully saturated rings. The van der Waals surface area contributed by atoms with Crippen molar-refractivity contribution < 1.29 is 27.6 Å². The Kier molecular flexibility index (Phi) is 3.56. The van der Waals surface area contributed by atoms with Crippen LogP contribution in [0, 0.1) is 10.1 Å². The molecule has 17 heavy (non-hydrogen) atoms. The van der Waals surface area contributed by atoms with Gasteiger partial charge in [-0.1, -0.05) is 6.07 Å². The highest BCUT2D eigenvalue weighted by molar-refractivity contribution is 6.68. The minimum absolute atomic E-state index is 0.668. The number of ether oxygens (including phenoxy) is 1. The Bertz CT molecular complexity index is 474. The highest BCUT2D eigenvalue weighted by atomic mass is 35.5. The van der Waals surface area contributed by atoms with E-state index in [1.165, 1.54) is 0 Å². The summed E-state index contributed by atoms with van der Waals surface area (Å²) in [5.41, 5.74) is -1.79. The van der Waals surface area contributed by atoms with Gasteiger partial charge in [-0.2, -0.15) is 0 Å². The predicted molar refractivity (Wildman–Crippen MR) is 50.0 cm³/mol. The molecule has 0 spiro atoms. The molecule has 0 saturated carbocycles. The second kappa shape index (κ2) is 4.58. The van der Waals surface area contributed by atoms with Crippen molar-refractivity contribution in [2.75, 3.05) is 0 Å². The maximum absolute atomic E-state index is 12.0. The van der Waals surface area contributed by atoms with Crippen LogP contribution in [-0.2, 0) is 0 Å². The molecule has 0 saturated heterocycles. The zero-order chi connectivity index (χ0) is 13.2. The van der Waals surface area contributed by atoms with Gasteiger partial charge in [0.25, 0.3) is 5.24 Å². The van der Waals surface area contributed by atoms with E-state index in [1.807, 2.05) is 0 Å². The first-order chi connectivity index (χ1) is 7.72. The lowest BCUT2D eigenvalue weighted by molar-refractivity contribution is -0.388. The van der Waals surface area contributed by atoms with Crippen LogP contribution in [0.25, 0.3) is 0 Å². The lowest BCUT2D eigenvalue weighted by Gasteiger charge is -2.09. The molecule has 0 atom stereocenters. The van der Waals surface area contributed by atoms with Crippen LogP contribution in [-0.4, -0.2) is 16.5 Å². The summed E-state index contributed by atoms with van der Waals surface area (Å²) in [5, 5.41) is 9.33. The molecule has 0 aliphatic rings. The van der Waals surface area contributed by atoms with Gasteiger partial charge < -0.3 is 4.74 Å². The highest BCUT2D eigenvalue weighted by Gasteiger charge is 2.36. The quantitative estimate of drug-likeness (QED) is 0.480. The number of para-hydroxylation sites is 1. The van der Waals surface area contributed by atoms with E-state index in [2.05, 4.69) is 4.74 Å². The van der Waals surface area contributed by atoms with Gasteiger partial charge in [0, 0.05) is 0 Å². The summed E-state index contributed by atoms with van der Waals surface area (Å²) in [6.45, 7) is 0. The Labute approximate surface area is 96.9 Å². The van der Waals surface area contributed by atoms with E-state index in [0.29, 0.717) is 0 Å². The monoisotopic (exact) mass is 269 g/mol. The van der Waals surface area contributed by atoms with E-state index in [-0.39, 0.29) is 0 Å². The summed E-state index contributed by atoms with van der Waals surface area (Å²) in [5.74, 6) is -1.09. The molecular weight excluding hydrogens is 267 g/mol. The summed E-state index contributed by atoms with van der Waals surface area (Å²) in [7, 11) is 0. The first-order valence-electron chi connectivity index (χ1n) is 3.95. The van der Waals surface area contributed by atoms with Crippen molar-refractivity contribution in [3.63, 3.8) is 0 Å². The van der Waals surface area contributed by atoms with Crippen molar-refractivity contribution in [3.8, 4) is 5.75 Å². The molecule has 0 aliphatic heterocycles. The zero-order valence-corrected chi connectivity index (χ0v) is 8.58. The highest BCUT2D eigenvalue weighted by Crippen LogP contribution is 2.35. The summed E-state index contributed by atoms with van der Waals surface area (Å²) >= 11 is 5.02. The third-order valence-corrected chi connectivity index (χ3v) is 1.82. The van der Waals surface area contributed by atoms with Gasteiger partial charge in [-0.25, -0.2) is 0 Å². The molecule has 5 nitrogen and oxygen atoms in total. The van der Waals surface area contributed by atoms with Crippen molar-refractivity contribution in [2.45, 2.75) is 6.36 Å². The number of hydrogen-bond acceptors (Lipinski definition) is 4.